The van der Waals surface area contributed by atoms with Crippen molar-refractivity contribution >= 4 is 27.7 Å². The normalized spacial score (nSPS) is 12.0. The molecule has 0 aromatic carbocycles. The molecule has 0 saturated carbocycles. The summed E-state index contributed by atoms with van der Waals surface area (Å²) in [7, 11) is 0. The lowest BCUT2D eigenvalue weighted by atomic mass is 10.1. The van der Waals surface area contributed by atoms with Crippen LogP contribution in [0.4, 0.5) is 0 Å². The molecule has 80 valence electrons. The molecule has 1 aromatic rings. The van der Waals surface area contributed by atoms with Gasteiger partial charge in [0.25, 0.3) is 0 Å². The minimum atomic E-state index is -0.0414. The Bertz CT molecular complexity index is 281. The van der Waals surface area contributed by atoms with Crippen molar-refractivity contribution < 1.29 is 0 Å². The van der Waals surface area contributed by atoms with E-state index in [1.807, 2.05) is 4.68 Å². The van der Waals surface area contributed by atoms with Crippen molar-refractivity contribution in [3.63, 3.8) is 0 Å². The second kappa shape index (κ2) is 5.11. The summed E-state index contributed by atoms with van der Waals surface area (Å²) < 4.78 is 1.87. The molecule has 0 aliphatic carbocycles. The van der Waals surface area contributed by atoms with Gasteiger partial charge in [0.2, 0.25) is 5.16 Å². The molecule has 6 heteroatoms. The maximum atomic E-state index is 4.00. The second-order valence-electron chi connectivity index (χ2n) is 3.94. The van der Waals surface area contributed by atoms with E-state index >= 15 is 0 Å². The van der Waals surface area contributed by atoms with E-state index < -0.39 is 0 Å². The Morgan fingerprint density at radius 1 is 1.43 bits per heavy atom. The smallest absolute Gasteiger partial charge is 0.209 e. The summed E-state index contributed by atoms with van der Waals surface area (Å²) >= 11 is 5.10. The largest absolute Gasteiger partial charge is 0.215 e. The summed E-state index contributed by atoms with van der Waals surface area (Å²) in [5.41, 5.74) is -0.0414. The molecule has 0 bridgehead atoms. The number of halogens is 1. The maximum absolute atomic E-state index is 4.00. The van der Waals surface area contributed by atoms with E-state index in [1.165, 1.54) is 0 Å². The van der Waals surface area contributed by atoms with Crippen molar-refractivity contribution in [1.29, 1.82) is 0 Å². The standard InChI is InChI=1S/C8H15BrN4S/c1-8(2,3)13-7(10-11-12-13)14-6-4-5-9/h4-6H2,1-3H3. The number of tetrazole rings is 1. The van der Waals surface area contributed by atoms with Gasteiger partial charge >= 0.3 is 0 Å². The van der Waals surface area contributed by atoms with Crippen LogP contribution in [0, 0.1) is 0 Å². The molecule has 1 rings (SSSR count). The average molecular weight is 279 g/mol. The third-order valence-corrected chi connectivity index (χ3v) is 3.15. The zero-order valence-corrected chi connectivity index (χ0v) is 11.1. The zero-order valence-electron chi connectivity index (χ0n) is 8.70. The fourth-order valence-electron chi connectivity index (χ4n) is 0.908. The number of nitrogens with zero attached hydrogens (tertiary/aromatic N) is 4. The van der Waals surface area contributed by atoms with Gasteiger partial charge in [-0.2, -0.15) is 0 Å². The highest BCUT2D eigenvalue weighted by atomic mass is 79.9. The molecule has 0 N–H and O–H groups in total. The van der Waals surface area contributed by atoms with Gasteiger partial charge in [0.15, 0.2) is 0 Å². The van der Waals surface area contributed by atoms with Crippen molar-refractivity contribution in [3.05, 3.63) is 0 Å². The van der Waals surface area contributed by atoms with Crippen molar-refractivity contribution in [2.24, 2.45) is 0 Å². The minimum Gasteiger partial charge on any atom is -0.215 e. The molecule has 0 fully saturated rings. The number of thioether (sulfide) groups is 1. The van der Waals surface area contributed by atoms with Crippen LogP contribution in [0.25, 0.3) is 0 Å². The van der Waals surface area contributed by atoms with E-state index in [0.29, 0.717) is 0 Å². The number of aromatic nitrogens is 4. The van der Waals surface area contributed by atoms with Gasteiger partial charge < -0.3 is 0 Å². The molecule has 14 heavy (non-hydrogen) atoms. The monoisotopic (exact) mass is 278 g/mol. The molecule has 4 nitrogen and oxygen atoms in total. The van der Waals surface area contributed by atoms with Gasteiger partial charge in [0.1, 0.15) is 0 Å². The number of hydrogen-bond acceptors (Lipinski definition) is 4. The lowest BCUT2D eigenvalue weighted by molar-refractivity contribution is 0.321. The number of alkyl halides is 1. The summed E-state index contributed by atoms with van der Waals surface area (Å²) in [5, 5.41) is 13.6. The predicted octanol–water partition coefficient (Wildman–Crippen LogP) is 2.31. The second-order valence-corrected chi connectivity index (χ2v) is 5.79. The third kappa shape index (κ3) is 3.24. The number of rotatable bonds is 4. The summed E-state index contributed by atoms with van der Waals surface area (Å²) in [6, 6.07) is 0. The molecule has 0 aliphatic heterocycles. The van der Waals surface area contributed by atoms with E-state index in [0.717, 1.165) is 22.7 Å². The fraction of sp³-hybridized carbons (Fsp3) is 0.875. The first-order chi connectivity index (χ1) is 6.55. The Morgan fingerprint density at radius 3 is 2.71 bits per heavy atom. The lowest BCUT2D eigenvalue weighted by Crippen LogP contribution is -2.24. The van der Waals surface area contributed by atoms with Crippen LogP contribution in [0.1, 0.15) is 27.2 Å². The first-order valence-corrected chi connectivity index (χ1v) is 6.64. The van der Waals surface area contributed by atoms with Crippen molar-refractivity contribution in [2.75, 3.05) is 11.1 Å². The van der Waals surface area contributed by atoms with Gasteiger partial charge in [0.05, 0.1) is 5.54 Å². The average Bonchev–Trinajstić information content (AvgIpc) is 2.52. The van der Waals surface area contributed by atoms with E-state index in [9.17, 15) is 0 Å². The lowest BCUT2D eigenvalue weighted by Gasteiger charge is -2.19. The van der Waals surface area contributed by atoms with Gasteiger partial charge in [-0.3, -0.25) is 0 Å². The van der Waals surface area contributed by atoms with Gasteiger partial charge in [-0.1, -0.05) is 27.7 Å². The van der Waals surface area contributed by atoms with E-state index in [4.69, 9.17) is 0 Å². The quantitative estimate of drug-likeness (QED) is 0.482. The van der Waals surface area contributed by atoms with Gasteiger partial charge in [-0.25, -0.2) is 4.68 Å². The van der Waals surface area contributed by atoms with E-state index in [-0.39, 0.29) is 5.54 Å². The molecule has 1 heterocycles. The summed E-state index contributed by atoms with van der Waals surface area (Å²) in [5.74, 6) is 1.04. The zero-order chi connectivity index (χ0) is 10.6. The van der Waals surface area contributed by atoms with E-state index in [2.05, 4.69) is 52.2 Å². The molecule has 0 atom stereocenters. The molecular formula is C8H15BrN4S. The van der Waals surface area contributed by atoms with Crippen LogP contribution >= 0.6 is 27.7 Å². The van der Waals surface area contributed by atoms with Crippen LogP contribution in [0.2, 0.25) is 0 Å². The molecular weight excluding hydrogens is 264 g/mol. The van der Waals surface area contributed by atoms with Crippen LogP contribution in [0.3, 0.4) is 0 Å². The fourth-order valence-corrected chi connectivity index (χ4v) is 2.56. The summed E-state index contributed by atoms with van der Waals surface area (Å²) in [6.07, 6.45) is 1.13. The maximum Gasteiger partial charge on any atom is 0.209 e. The topological polar surface area (TPSA) is 43.6 Å². The molecule has 0 amide bonds. The Kier molecular flexibility index (Phi) is 4.37. The van der Waals surface area contributed by atoms with Crippen LogP contribution in [0.15, 0.2) is 5.16 Å². The number of hydrogen-bond donors (Lipinski definition) is 0. The van der Waals surface area contributed by atoms with E-state index in [1.54, 1.807) is 11.8 Å². The highest BCUT2D eigenvalue weighted by Crippen LogP contribution is 2.21. The molecule has 0 saturated heterocycles. The Balaban J connectivity index is 2.63. The van der Waals surface area contributed by atoms with Gasteiger partial charge in [-0.15, -0.1) is 5.10 Å². The predicted molar refractivity (Wildman–Crippen MR) is 61.9 cm³/mol. The van der Waals surface area contributed by atoms with Gasteiger partial charge in [0, 0.05) is 11.1 Å². The van der Waals surface area contributed by atoms with Crippen LogP contribution in [0.5, 0.6) is 0 Å². The molecule has 0 radical (unpaired) electrons. The Hall–Kier alpha value is -0.100. The Morgan fingerprint density at radius 2 is 2.14 bits per heavy atom. The highest BCUT2D eigenvalue weighted by Gasteiger charge is 2.19. The molecule has 0 spiro atoms. The highest BCUT2D eigenvalue weighted by molar-refractivity contribution is 9.09. The van der Waals surface area contributed by atoms with Crippen molar-refractivity contribution in [1.82, 2.24) is 20.2 Å². The van der Waals surface area contributed by atoms with Crippen molar-refractivity contribution in [2.45, 2.75) is 37.9 Å². The Labute approximate surface area is 97.0 Å². The summed E-state index contributed by atoms with van der Waals surface area (Å²) in [4.78, 5) is 0. The first-order valence-electron chi connectivity index (χ1n) is 4.53. The summed E-state index contributed by atoms with van der Waals surface area (Å²) in [6.45, 7) is 6.29. The van der Waals surface area contributed by atoms with Crippen LogP contribution in [-0.4, -0.2) is 31.3 Å². The SMILES string of the molecule is CC(C)(C)n1nnnc1SCCCBr. The van der Waals surface area contributed by atoms with Crippen molar-refractivity contribution in [3.8, 4) is 0 Å². The van der Waals surface area contributed by atoms with Crippen LogP contribution in [-0.2, 0) is 5.54 Å². The molecule has 0 unspecified atom stereocenters. The first kappa shape index (κ1) is 12.0. The third-order valence-electron chi connectivity index (χ3n) is 1.59. The molecule has 0 aliphatic rings. The van der Waals surface area contributed by atoms with Gasteiger partial charge in [-0.05, 0) is 37.6 Å². The van der Waals surface area contributed by atoms with Crippen LogP contribution < -0.4 is 0 Å². The minimum absolute atomic E-state index is 0.0414. The molecule has 1 aromatic heterocycles.